The highest BCUT2D eigenvalue weighted by molar-refractivity contribution is 5.40. The molecule has 3 nitrogen and oxygen atoms in total. The third-order valence-corrected chi connectivity index (χ3v) is 4.07. The van der Waals surface area contributed by atoms with E-state index >= 15 is 0 Å². The Kier molecular flexibility index (Phi) is 5.84. The molecule has 2 aromatic rings. The van der Waals surface area contributed by atoms with Crippen molar-refractivity contribution in [2.45, 2.75) is 25.7 Å². The van der Waals surface area contributed by atoms with Gasteiger partial charge in [-0.25, -0.2) is 0 Å². The normalized spacial score (nSPS) is 12.0. The topological polar surface area (TPSA) is 44.5 Å². The molecule has 2 rings (SSSR count). The molecular weight excluding hydrogens is 274 g/mol. The van der Waals surface area contributed by atoms with Crippen LogP contribution in [-0.2, 0) is 12.8 Å². The molecule has 22 heavy (non-hydrogen) atoms. The summed E-state index contributed by atoms with van der Waals surface area (Å²) in [6.45, 7) is 2.73. The van der Waals surface area contributed by atoms with E-state index in [-0.39, 0.29) is 5.92 Å². The number of nitrogens with two attached hydrogens (primary N) is 1. The van der Waals surface area contributed by atoms with Crippen molar-refractivity contribution < 1.29 is 9.47 Å². The Labute approximate surface area is 133 Å². The Morgan fingerprint density at radius 1 is 1.00 bits per heavy atom. The Hall–Kier alpha value is -2.00. The number of para-hydroxylation sites is 1. The van der Waals surface area contributed by atoms with Gasteiger partial charge in [-0.2, -0.15) is 0 Å². The summed E-state index contributed by atoms with van der Waals surface area (Å²) in [4.78, 5) is 0. The van der Waals surface area contributed by atoms with Gasteiger partial charge in [-0.3, -0.25) is 0 Å². The predicted molar refractivity (Wildman–Crippen MR) is 90.9 cm³/mol. The number of rotatable bonds is 7. The van der Waals surface area contributed by atoms with Crippen LogP contribution in [0.5, 0.6) is 11.5 Å². The first-order chi connectivity index (χ1) is 10.7. The zero-order valence-electron chi connectivity index (χ0n) is 13.6. The number of benzene rings is 2. The second kappa shape index (κ2) is 7.85. The van der Waals surface area contributed by atoms with Gasteiger partial charge in [-0.15, -0.1) is 0 Å². The molecule has 0 radical (unpaired) electrons. The van der Waals surface area contributed by atoms with Crippen LogP contribution in [0.25, 0.3) is 0 Å². The van der Waals surface area contributed by atoms with E-state index in [9.17, 15) is 0 Å². The van der Waals surface area contributed by atoms with Crippen LogP contribution in [0.15, 0.2) is 42.5 Å². The van der Waals surface area contributed by atoms with Crippen LogP contribution >= 0.6 is 0 Å². The van der Waals surface area contributed by atoms with E-state index in [1.165, 1.54) is 16.7 Å². The molecule has 0 aliphatic rings. The summed E-state index contributed by atoms with van der Waals surface area (Å²) < 4.78 is 10.9. The third kappa shape index (κ3) is 3.60. The summed E-state index contributed by atoms with van der Waals surface area (Å²) >= 11 is 0. The third-order valence-electron chi connectivity index (χ3n) is 4.07. The number of hydrogen-bond donors (Lipinski definition) is 1. The van der Waals surface area contributed by atoms with Gasteiger partial charge in [0.15, 0.2) is 0 Å². The lowest BCUT2D eigenvalue weighted by Crippen LogP contribution is -2.16. The van der Waals surface area contributed by atoms with Crippen LogP contribution in [-0.4, -0.2) is 20.8 Å². The summed E-state index contributed by atoms with van der Waals surface area (Å²) in [6, 6.07) is 14.5. The second-order valence-corrected chi connectivity index (χ2v) is 5.38. The molecule has 2 aromatic carbocycles. The molecule has 0 fully saturated rings. The Morgan fingerprint density at radius 3 is 2.36 bits per heavy atom. The van der Waals surface area contributed by atoms with Gasteiger partial charge < -0.3 is 15.2 Å². The SMILES string of the molecule is CCc1cc(CC(CN)c2ccccc2OC)ccc1OC. The zero-order valence-corrected chi connectivity index (χ0v) is 13.6. The smallest absolute Gasteiger partial charge is 0.122 e. The van der Waals surface area contributed by atoms with Crippen molar-refractivity contribution in [2.24, 2.45) is 5.73 Å². The van der Waals surface area contributed by atoms with E-state index in [1.54, 1.807) is 14.2 Å². The molecule has 2 N–H and O–H groups in total. The zero-order chi connectivity index (χ0) is 15.9. The van der Waals surface area contributed by atoms with Gasteiger partial charge >= 0.3 is 0 Å². The van der Waals surface area contributed by atoms with E-state index in [4.69, 9.17) is 15.2 Å². The standard InChI is InChI=1S/C19H25NO2/c1-4-15-11-14(9-10-18(15)21-2)12-16(13-20)17-7-5-6-8-19(17)22-3/h5-11,16H,4,12-13,20H2,1-3H3. The van der Waals surface area contributed by atoms with E-state index in [0.717, 1.165) is 24.3 Å². The lowest BCUT2D eigenvalue weighted by atomic mass is 9.90. The largest absolute Gasteiger partial charge is 0.496 e. The molecule has 0 heterocycles. The van der Waals surface area contributed by atoms with Gasteiger partial charge in [0.2, 0.25) is 0 Å². The molecular formula is C19H25NO2. The fourth-order valence-electron chi connectivity index (χ4n) is 2.84. The molecule has 1 unspecified atom stereocenters. The van der Waals surface area contributed by atoms with Crippen molar-refractivity contribution in [3.63, 3.8) is 0 Å². The van der Waals surface area contributed by atoms with Gasteiger partial charge in [-0.1, -0.05) is 37.3 Å². The van der Waals surface area contributed by atoms with Crippen LogP contribution in [0.2, 0.25) is 0 Å². The first-order valence-electron chi connectivity index (χ1n) is 7.72. The van der Waals surface area contributed by atoms with E-state index < -0.39 is 0 Å². The molecule has 0 aliphatic heterocycles. The fraction of sp³-hybridized carbons (Fsp3) is 0.368. The molecule has 0 saturated heterocycles. The van der Waals surface area contributed by atoms with Gasteiger partial charge in [0.1, 0.15) is 11.5 Å². The minimum atomic E-state index is 0.245. The van der Waals surface area contributed by atoms with Gasteiger partial charge in [-0.05, 0) is 48.2 Å². The summed E-state index contributed by atoms with van der Waals surface area (Å²) in [6.07, 6.45) is 1.85. The number of methoxy groups -OCH3 is 2. The first-order valence-corrected chi connectivity index (χ1v) is 7.72. The van der Waals surface area contributed by atoms with Crippen molar-refractivity contribution in [2.75, 3.05) is 20.8 Å². The molecule has 0 aromatic heterocycles. The Balaban J connectivity index is 2.27. The monoisotopic (exact) mass is 299 g/mol. The minimum absolute atomic E-state index is 0.245. The summed E-state index contributed by atoms with van der Waals surface area (Å²) in [5.41, 5.74) is 9.70. The quantitative estimate of drug-likeness (QED) is 0.850. The lowest BCUT2D eigenvalue weighted by Gasteiger charge is -2.19. The number of hydrogen-bond acceptors (Lipinski definition) is 3. The number of aryl methyl sites for hydroxylation is 1. The van der Waals surface area contributed by atoms with Crippen molar-refractivity contribution in [1.82, 2.24) is 0 Å². The molecule has 3 heteroatoms. The maximum atomic E-state index is 6.02. The van der Waals surface area contributed by atoms with E-state index in [1.807, 2.05) is 24.3 Å². The van der Waals surface area contributed by atoms with Crippen molar-refractivity contribution >= 4 is 0 Å². The van der Waals surface area contributed by atoms with E-state index in [2.05, 4.69) is 25.1 Å². The Morgan fingerprint density at radius 2 is 1.73 bits per heavy atom. The molecule has 0 aliphatic carbocycles. The summed E-state index contributed by atoms with van der Waals surface area (Å²) in [7, 11) is 3.42. The maximum absolute atomic E-state index is 6.02. The van der Waals surface area contributed by atoms with Crippen molar-refractivity contribution in [1.29, 1.82) is 0 Å². The predicted octanol–water partition coefficient (Wildman–Crippen LogP) is 3.55. The highest BCUT2D eigenvalue weighted by Crippen LogP contribution is 2.30. The molecule has 0 amide bonds. The van der Waals surface area contributed by atoms with Gasteiger partial charge in [0.25, 0.3) is 0 Å². The molecule has 0 spiro atoms. The minimum Gasteiger partial charge on any atom is -0.496 e. The summed E-state index contributed by atoms with van der Waals surface area (Å²) in [5.74, 6) is 2.10. The second-order valence-electron chi connectivity index (χ2n) is 5.38. The van der Waals surface area contributed by atoms with Crippen LogP contribution in [0.4, 0.5) is 0 Å². The Bertz CT molecular complexity index is 610. The molecule has 1 atom stereocenters. The van der Waals surface area contributed by atoms with Crippen molar-refractivity contribution in [3.8, 4) is 11.5 Å². The first kappa shape index (κ1) is 16.4. The number of ether oxygens (including phenoxy) is 2. The average Bonchev–Trinajstić information content (AvgIpc) is 2.59. The highest BCUT2D eigenvalue weighted by atomic mass is 16.5. The fourth-order valence-corrected chi connectivity index (χ4v) is 2.84. The van der Waals surface area contributed by atoms with Gasteiger partial charge in [0, 0.05) is 5.92 Å². The highest BCUT2D eigenvalue weighted by Gasteiger charge is 2.15. The van der Waals surface area contributed by atoms with E-state index in [0.29, 0.717) is 6.54 Å². The van der Waals surface area contributed by atoms with Crippen LogP contribution < -0.4 is 15.2 Å². The molecule has 0 bridgehead atoms. The van der Waals surface area contributed by atoms with Gasteiger partial charge in [0.05, 0.1) is 14.2 Å². The molecule has 0 saturated carbocycles. The van der Waals surface area contributed by atoms with Crippen LogP contribution in [0, 0.1) is 0 Å². The van der Waals surface area contributed by atoms with Crippen LogP contribution in [0.1, 0.15) is 29.5 Å². The maximum Gasteiger partial charge on any atom is 0.122 e. The summed E-state index contributed by atoms with van der Waals surface area (Å²) in [5, 5.41) is 0. The van der Waals surface area contributed by atoms with Crippen molar-refractivity contribution in [3.05, 3.63) is 59.2 Å². The van der Waals surface area contributed by atoms with Crippen LogP contribution in [0.3, 0.4) is 0 Å². The lowest BCUT2D eigenvalue weighted by molar-refractivity contribution is 0.405. The average molecular weight is 299 g/mol. The molecule has 118 valence electrons.